The Morgan fingerprint density at radius 3 is 2.61 bits per heavy atom. The molecule has 1 aromatic heterocycles. The molecule has 4 rings (SSSR count). The van der Waals surface area contributed by atoms with Crippen LogP contribution in [0.4, 0.5) is 0 Å². The minimum atomic E-state index is 0.703. The zero-order chi connectivity index (χ0) is 19.2. The molecule has 0 N–H and O–H groups in total. The largest absolute Gasteiger partial charge is 0.496 e. The molecule has 2 heterocycles. The average molecular weight is 376 g/mol. The van der Waals surface area contributed by atoms with E-state index in [-0.39, 0.29) is 0 Å². The van der Waals surface area contributed by atoms with Gasteiger partial charge in [-0.25, -0.2) is 0 Å². The summed E-state index contributed by atoms with van der Waals surface area (Å²) < 4.78 is 12.9. The molecule has 0 amide bonds. The molecule has 6 heteroatoms. The lowest BCUT2D eigenvalue weighted by atomic mass is 10.1. The van der Waals surface area contributed by atoms with E-state index in [0.29, 0.717) is 19.8 Å². The smallest absolute Gasteiger partial charge is 0.128 e. The summed E-state index contributed by atoms with van der Waals surface area (Å²) >= 11 is 0. The number of methoxy groups -OCH3 is 1. The maximum Gasteiger partial charge on any atom is 0.128 e. The van der Waals surface area contributed by atoms with Crippen molar-refractivity contribution in [3.8, 4) is 17.0 Å². The van der Waals surface area contributed by atoms with Crippen LogP contribution in [0.15, 0.2) is 65.9 Å². The number of hydrogen-bond donors (Lipinski definition) is 0. The highest BCUT2D eigenvalue weighted by Crippen LogP contribution is 2.30. The normalized spacial score (nSPS) is 14.5. The maximum atomic E-state index is 5.56. The number of rotatable bonds is 6. The molecule has 0 atom stereocenters. The molecular weight excluding hydrogens is 352 g/mol. The molecule has 2 aromatic carbocycles. The Bertz CT molecular complexity index is 931. The third kappa shape index (κ3) is 4.23. The summed E-state index contributed by atoms with van der Waals surface area (Å²) in [5.41, 5.74) is 3.99. The van der Waals surface area contributed by atoms with Crippen molar-refractivity contribution in [2.24, 2.45) is 5.10 Å². The number of morpholine rings is 1. The first-order valence-corrected chi connectivity index (χ1v) is 9.45. The van der Waals surface area contributed by atoms with E-state index in [1.807, 2.05) is 64.6 Å². The second kappa shape index (κ2) is 8.71. The topological polar surface area (TPSA) is 51.9 Å². The zero-order valence-electron chi connectivity index (χ0n) is 16.0. The molecular formula is C22H24N4O2. The maximum absolute atomic E-state index is 5.56. The lowest BCUT2D eigenvalue weighted by molar-refractivity contribution is 0.0397. The van der Waals surface area contributed by atoms with Crippen LogP contribution in [0.5, 0.6) is 5.75 Å². The number of aromatic nitrogens is 2. The molecule has 1 aliphatic heterocycles. The fourth-order valence-electron chi connectivity index (χ4n) is 3.25. The molecule has 1 fully saturated rings. The van der Waals surface area contributed by atoms with Gasteiger partial charge in [0.05, 0.1) is 46.2 Å². The van der Waals surface area contributed by atoms with Crippen LogP contribution >= 0.6 is 0 Å². The summed E-state index contributed by atoms with van der Waals surface area (Å²) in [6.07, 6.45) is 3.93. The van der Waals surface area contributed by atoms with Gasteiger partial charge in [-0.2, -0.15) is 10.2 Å². The number of para-hydroxylation sites is 1. The van der Waals surface area contributed by atoms with Crippen molar-refractivity contribution in [2.75, 3.05) is 33.4 Å². The molecule has 0 bridgehead atoms. The number of nitrogens with zero attached hydrogens (tertiary/aromatic N) is 4. The van der Waals surface area contributed by atoms with E-state index < -0.39 is 0 Å². The van der Waals surface area contributed by atoms with E-state index in [2.05, 4.69) is 17.2 Å². The summed E-state index contributed by atoms with van der Waals surface area (Å²) in [4.78, 5) is 0. The van der Waals surface area contributed by atoms with E-state index >= 15 is 0 Å². The van der Waals surface area contributed by atoms with Crippen molar-refractivity contribution in [1.82, 2.24) is 14.8 Å². The number of ether oxygens (including phenoxy) is 2. The van der Waals surface area contributed by atoms with E-state index in [1.54, 1.807) is 7.11 Å². The number of hydrogen-bond acceptors (Lipinski definition) is 5. The first-order valence-electron chi connectivity index (χ1n) is 9.45. The molecule has 6 nitrogen and oxygen atoms in total. The van der Waals surface area contributed by atoms with E-state index in [9.17, 15) is 0 Å². The Morgan fingerprint density at radius 1 is 1.07 bits per heavy atom. The average Bonchev–Trinajstić information content (AvgIpc) is 3.16. The molecule has 144 valence electrons. The first-order chi connectivity index (χ1) is 13.8. The second-order valence-electron chi connectivity index (χ2n) is 6.63. The summed E-state index contributed by atoms with van der Waals surface area (Å²) in [5.74, 6) is 0.800. The van der Waals surface area contributed by atoms with Crippen LogP contribution in [0.1, 0.15) is 11.1 Å². The van der Waals surface area contributed by atoms with Crippen LogP contribution in [-0.4, -0.2) is 54.4 Å². The van der Waals surface area contributed by atoms with E-state index in [1.165, 1.54) is 5.56 Å². The highest BCUT2D eigenvalue weighted by Gasteiger charge is 2.15. The van der Waals surface area contributed by atoms with Gasteiger partial charge in [0.1, 0.15) is 11.4 Å². The Labute approximate surface area is 165 Å². The van der Waals surface area contributed by atoms with E-state index in [4.69, 9.17) is 14.6 Å². The minimum absolute atomic E-state index is 0.703. The van der Waals surface area contributed by atoms with Crippen LogP contribution in [0.25, 0.3) is 11.3 Å². The third-order valence-corrected chi connectivity index (χ3v) is 4.69. The zero-order valence-corrected chi connectivity index (χ0v) is 16.0. The SMILES string of the molecule is COc1ccccc1-c1nn(Cc2ccccc2)cc1/C=N\N1CCOCC1. The fourth-order valence-corrected chi connectivity index (χ4v) is 3.25. The van der Waals surface area contributed by atoms with Gasteiger partial charge in [0.15, 0.2) is 0 Å². The third-order valence-electron chi connectivity index (χ3n) is 4.69. The van der Waals surface area contributed by atoms with Crippen molar-refractivity contribution in [3.63, 3.8) is 0 Å². The molecule has 0 unspecified atom stereocenters. The lowest BCUT2D eigenvalue weighted by Crippen LogP contribution is -2.32. The summed E-state index contributed by atoms with van der Waals surface area (Å²) in [5, 5.41) is 11.5. The Kier molecular flexibility index (Phi) is 5.68. The molecule has 0 radical (unpaired) electrons. The number of benzene rings is 2. The van der Waals surface area contributed by atoms with Crippen LogP contribution in [0, 0.1) is 0 Å². The highest BCUT2D eigenvalue weighted by molar-refractivity contribution is 5.89. The summed E-state index contributed by atoms with van der Waals surface area (Å²) in [6.45, 7) is 3.74. The van der Waals surface area contributed by atoms with Gasteiger partial charge in [0, 0.05) is 17.3 Å². The highest BCUT2D eigenvalue weighted by atomic mass is 16.5. The van der Waals surface area contributed by atoms with Crippen molar-refractivity contribution < 1.29 is 9.47 Å². The Morgan fingerprint density at radius 2 is 1.82 bits per heavy atom. The monoisotopic (exact) mass is 376 g/mol. The van der Waals surface area contributed by atoms with Gasteiger partial charge in [-0.05, 0) is 17.7 Å². The van der Waals surface area contributed by atoms with Gasteiger partial charge in [0.2, 0.25) is 0 Å². The quantitative estimate of drug-likeness (QED) is 0.620. The van der Waals surface area contributed by atoms with Gasteiger partial charge in [0.25, 0.3) is 0 Å². The summed E-state index contributed by atoms with van der Waals surface area (Å²) in [6, 6.07) is 18.3. The van der Waals surface area contributed by atoms with Gasteiger partial charge < -0.3 is 9.47 Å². The molecule has 0 aliphatic carbocycles. The van der Waals surface area contributed by atoms with Crippen LogP contribution in [-0.2, 0) is 11.3 Å². The van der Waals surface area contributed by atoms with Crippen molar-refractivity contribution in [1.29, 1.82) is 0 Å². The van der Waals surface area contributed by atoms with Crippen molar-refractivity contribution in [2.45, 2.75) is 6.54 Å². The molecule has 1 saturated heterocycles. The molecule has 28 heavy (non-hydrogen) atoms. The van der Waals surface area contributed by atoms with E-state index in [0.717, 1.165) is 35.7 Å². The van der Waals surface area contributed by atoms with Crippen molar-refractivity contribution in [3.05, 3.63) is 71.9 Å². The molecule has 3 aromatic rings. The predicted molar refractivity (Wildman–Crippen MR) is 110 cm³/mol. The first kappa shape index (κ1) is 18.3. The van der Waals surface area contributed by atoms with Crippen LogP contribution in [0.2, 0.25) is 0 Å². The van der Waals surface area contributed by atoms with Crippen LogP contribution < -0.4 is 4.74 Å². The Hall–Kier alpha value is -3.12. The lowest BCUT2D eigenvalue weighted by Gasteiger charge is -2.23. The molecule has 0 saturated carbocycles. The predicted octanol–water partition coefficient (Wildman–Crippen LogP) is 3.27. The number of hydrazone groups is 1. The van der Waals surface area contributed by atoms with Gasteiger partial charge in [-0.1, -0.05) is 42.5 Å². The molecule has 1 aliphatic rings. The fraction of sp³-hybridized carbons (Fsp3) is 0.273. The molecule has 0 spiro atoms. The summed E-state index contributed by atoms with van der Waals surface area (Å²) in [7, 11) is 1.68. The van der Waals surface area contributed by atoms with Gasteiger partial charge in [-0.3, -0.25) is 9.69 Å². The van der Waals surface area contributed by atoms with Crippen molar-refractivity contribution >= 4 is 6.21 Å². The second-order valence-corrected chi connectivity index (χ2v) is 6.63. The Balaban J connectivity index is 1.68. The minimum Gasteiger partial charge on any atom is -0.496 e. The van der Waals surface area contributed by atoms with Crippen LogP contribution in [0.3, 0.4) is 0 Å². The standard InChI is InChI=1S/C22H24N4O2/c1-27-21-10-6-5-9-20(21)22-19(15-23-25-11-13-28-14-12-25)17-26(24-22)16-18-7-3-2-4-8-18/h2-10,15,17H,11-14,16H2,1H3/b23-15-. The van der Waals surface area contributed by atoms with Gasteiger partial charge in [-0.15, -0.1) is 0 Å². The van der Waals surface area contributed by atoms with Gasteiger partial charge >= 0.3 is 0 Å².